The van der Waals surface area contributed by atoms with E-state index in [4.69, 9.17) is 4.74 Å². The first-order chi connectivity index (χ1) is 12.6. The van der Waals surface area contributed by atoms with Crippen molar-refractivity contribution < 1.29 is 17.9 Å². The zero-order chi connectivity index (χ0) is 20.2. The summed E-state index contributed by atoms with van der Waals surface area (Å²) in [5.74, 6) is 0.232. The van der Waals surface area contributed by atoms with Crippen molar-refractivity contribution in [2.75, 3.05) is 20.7 Å². The summed E-state index contributed by atoms with van der Waals surface area (Å²) in [6, 6.07) is 12.0. The number of ether oxygens (including phenoxy) is 1. The minimum atomic E-state index is -3.78. The molecule has 0 aliphatic rings. The van der Waals surface area contributed by atoms with E-state index in [-0.39, 0.29) is 23.4 Å². The Morgan fingerprint density at radius 1 is 1.26 bits per heavy atom. The molecule has 1 unspecified atom stereocenters. The van der Waals surface area contributed by atoms with Crippen LogP contribution in [-0.2, 0) is 14.8 Å². The van der Waals surface area contributed by atoms with Gasteiger partial charge in [0.25, 0.3) is 0 Å². The fourth-order valence-corrected chi connectivity index (χ4v) is 4.25. The molecule has 8 heteroatoms. The van der Waals surface area contributed by atoms with Gasteiger partial charge in [-0.25, -0.2) is 8.42 Å². The predicted molar refractivity (Wildman–Crippen MR) is 108 cm³/mol. The molecule has 0 fully saturated rings. The van der Waals surface area contributed by atoms with E-state index in [0.29, 0.717) is 11.3 Å². The number of nitrogens with zero attached hydrogens (tertiary/aromatic N) is 1. The summed E-state index contributed by atoms with van der Waals surface area (Å²) in [4.78, 5) is 12.4. The normalized spacial score (nSPS) is 12.7. The van der Waals surface area contributed by atoms with Gasteiger partial charge in [-0.05, 0) is 55.3 Å². The average molecular weight is 455 g/mol. The lowest BCUT2D eigenvalue weighted by Crippen LogP contribution is -2.39. The molecule has 0 aromatic heterocycles. The van der Waals surface area contributed by atoms with Gasteiger partial charge in [-0.1, -0.05) is 28.1 Å². The van der Waals surface area contributed by atoms with Crippen molar-refractivity contribution in [1.29, 1.82) is 0 Å². The molecule has 0 radical (unpaired) electrons. The van der Waals surface area contributed by atoms with Gasteiger partial charge in [0, 0.05) is 11.5 Å². The van der Waals surface area contributed by atoms with Crippen LogP contribution in [-0.4, -0.2) is 39.3 Å². The average Bonchev–Trinajstić information content (AvgIpc) is 2.61. The van der Waals surface area contributed by atoms with Crippen LogP contribution in [0.1, 0.15) is 24.1 Å². The molecule has 1 N–H and O–H groups in total. The molecule has 27 heavy (non-hydrogen) atoms. The van der Waals surface area contributed by atoms with Crippen LogP contribution >= 0.6 is 15.9 Å². The Balaban J connectivity index is 2.07. The number of hydrogen-bond acceptors (Lipinski definition) is 4. The third-order valence-electron chi connectivity index (χ3n) is 4.17. The molecule has 6 nitrogen and oxygen atoms in total. The molecule has 0 heterocycles. The van der Waals surface area contributed by atoms with Crippen molar-refractivity contribution in [2.45, 2.75) is 24.8 Å². The molecule has 0 bridgehead atoms. The number of benzene rings is 2. The Labute approximate surface area is 168 Å². The molecule has 1 atom stereocenters. The summed E-state index contributed by atoms with van der Waals surface area (Å²) in [7, 11) is -0.865. The Bertz CT molecular complexity index is 931. The monoisotopic (exact) mass is 454 g/mol. The first-order valence-electron chi connectivity index (χ1n) is 8.31. The van der Waals surface area contributed by atoms with Crippen LogP contribution in [0.25, 0.3) is 0 Å². The van der Waals surface area contributed by atoms with Crippen LogP contribution < -0.4 is 10.1 Å². The molecule has 146 valence electrons. The second-order valence-electron chi connectivity index (χ2n) is 6.24. The smallest absolute Gasteiger partial charge is 0.243 e. The van der Waals surface area contributed by atoms with Crippen LogP contribution in [0.4, 0.5) is 0 Å². The summed E-state index contributed by atoms with van der Waals surface area (Å²) < 4.78 is 32.5. The lowest BCUT2D eigenvalue weighted by molar-refractivity contribution is -0.121. The summed E-state index contributed by atoms with van der Waals surface area (Å²) in [5, 5.41) is 2.82. The summed E-state index contributed by atoms with van der Waals surface area (Å²) in [5.41, 5.74) is 1.63. The number of carbonyl (C=O) groups is 1. The van der Waals surface area contributed by atoms with Crippen molar-refractivity contribution in [3.63, 3.8) is 0 Å². The standard InChI is InChI=1S/C19H23BrN2O4S/c1-13-10-17(8-9-18(13)26-4)27(24,25)22(3)12-19(23)21-14(2)15-6-5-7-16(20)11-15/h5-11,14H,12H2,1-4H3,(H,21,23). The largest absolute Gasteiger partial charge is 0.496 e. The van der Waals surface area contributed by atoms with Crippen molar-refractivity contribution >= 4 is 31.9 Å². The maximum Gasteiger partial charge on any atom is 0.243 e. The van der Waals surface area contributed by atoms with Gasteiger partial charge in [-0.3, -0.25) is 4.79 Å². The number of methoxy groups -OCH3 is 1. The zero-order valence-corrected chi connectivity index (χ0v) is 18.1. The highest BCUT2D eigenvalue weighted by Gasteiger charge is 2.24. The minimum absolute atomic E-state index is 0.121. The van der Waals surface area contributed by atoms with Crippen LogP contribution in [0.5, 0.6) is 5.75 Å². The van der Waals surface area contributed by atoms with E-state index < -0.39 is 10.0 Å². The Hall–Kier alpha value is -1.90. The van der Waals surface area contributed by atoms with E-state index in [1.165, 1.54) is 26.3 Å². The predicted octanol–water partition coefficient (Wildman–Crippen LogP) is 3.26. The van der Waals surface area contributed by atoms with Crippen LogP contribution in [0.15, 0.2) is 51.8 Å². The van der Waals surface area contributed by atoms with E-state index in [2.05, 4.69) is 21.2 Å². The van der Waals surface area contributed by atoms with Crippen molar-refractivity contribution in [2.24, 2.45) is 0 Å². The fourth-order valence-electron chi connectivity index (χ4n) is 2.62. The van der Waals surface area contributed by atoms with Gasteiger partial charge in [-0.2, -0.15) is 4.31 Å². The second kappa shape index (κ2) is 8.86. The lowest BCUT2D eigenvalue weighted by atomic mass is 10.1. The van der Waals surface area contributed by atoms with Gasteiger partial charge in [0.1, 0.15) is 5.75 Å². The van der Waals surface area contributed by atoms with Gasteiger partial charge < -0.3 is 10.1 Å². The SMILES string of the molecule is COc1ccc(S(=O)(=O)N(C)CC(=O)NC(C)c2cccc(Br)c2)cc1C. The van der Waals surface area contributed by atoms with Gasteiger partial charge in [0.15, 0.2) is 0 Å². The Morgan fingerprint density at radius 2 is 1.96 bits per heavy atom. The topological polar surface area (TPSA) is 75.7 Å². The third-order valence-corrected chi connectivity index (χ3v) is 6.46. The maximum atomic E-state index is 12.7. The highest BCUT2D eigenvalue weighted by atomic mass is 79.9. The van der Waals surface area contributed by atoms with Crippen LogP contribution in [0.2, 0.25) is 0 Å². The molecule has 0 saturated carbocycles. The number of nitrogens with one attached hydrogen (secondary N) is 1. The number of halogens is 1. The van der Waals surface area contributed by atoms with Crippen LogP contribution in [0, 0.1) is 6.92 Å². The number of amides is 1. The van der Waals surface area contributed by atoms with E-state index in [0.717, 1.165) is 14.3 Å². The first-order valence-corrected chi connectivity index (χ1v) is 10.5. The van der Waals surface area contributed by atoms with E-state index in [1.54, 1.807) is 13.0 Å². The quantitative estimate of drug-likeness (QED) is 0.696. The molecule has 1 amide bonds. The highest BCUT2D eigenvalue weighted by Crippen LogP contribution is 2.23. The second-order valence-corrected chi connectivity index (χ2v) is 9.20. The summed E-state index contributed by atoms with van der Waals surface area (Å²) in [6.07, 6.45) is 0. The fraction of sp³-hybridized carbons (Fsp3) is 0.316. The summed E-state index contributed by atoms with van der Waals surface area (Å²) >= 11 is 3.40. The van der Waals surface area contributed by atoms with Gasteiger partial charge >= 0.3 is 0 Å². The lowest BCUT2D eigenvalue weighted by Gasteiger charge is -2.20. The molecule has 2 aromatic rings. The molecule has 0 aliphatic carbocycles. The van der Waals surface area contributed by atoms with E-state index >= 15 is 0 Å². The van der Waals surface area contributed by atoms with E-state index in [9.17, 15) is 13.2 Å². The molecule has 0 spiro atoms. The van der Waals surface area contributed by atoms with Gasteiger partial charge in [0.2, 0.25) is 15.9 Å². The first kappa shape index (κ1) is 21.4. The number of sulfonamides is 1. The molecular formula is C19H23BrN2O4S. The van der Waals surface area contributed by atoms with Crippen molar-refractivity contribution in [1.82, 2.24) is 9.62 Å². The highest BCUT2D eigenvalue weighted by molar-refractivity contribution is 9.10. The van der Waals surface area contributed by atoms with Gasteiger partial charge in [0.05, 0.1) is 24.6 Å². The van der Waals surface area contributed by atoms with Crippen molar-refractivity contribution in [3.05, 3.63) is 58.1 Å². The maximum absolute atomic E-state index is 12.7. The number of carbonyl (C=O) groups excluding carboxylic acids is 1. The molecule has 2 rings (SSSR count). The van der Waals surface area contributed by atoms with Crippen molar-refractivity contribution in [3.8, 4) is 5.75 Å². The molecule has 0 aliphatic heterocycles. The molecular weight excluding hydrogens is 432 g/mol. The number of hydrogen-bond donors (Lipinski definition) is 1. The third kappa shape index (κ3) is 5.31. The molecule has 0 saturated heterocycles. The van der Waals surface area contributed by atoms with Gasteiger partial charge in [-0.15, -0.1) is 0 Å². The van der Waals surface area contributed by atoms with E-state index in [1.807, 2.05) is 31.2 Å². The van der Waals surface area contributed by atoms with Crippen LogP contribution in [0.3, 0.4) is 0 Å². The summed E-state index contributed by atoms with van der Waals surface area (Å²) in [6.45, 7) is 3.34. The zero-order valence-electron chi connectivity index (χ0n) is 15.7. The Morgan fingerprint density at radius 3 is 2.56 bits per heavy atom. The minimum Gasteiger partial charge on any atom is -0.496 e. The number of rotatable bonds is 7. The number of aryl methyl sites for hydroxylation is 1. The Kier molecular flexibility index (Phi) is 7.02. The molecule has 2 aromatic carbocycles. The number of likely N-dealkylation sites (N-methyl/N-ethyl adjacent to an activating group) is 1.